The maximum absolute atomic E-state index is 13.7. The molecule has 0 bridgehead atoms. The minimum atomic E-state index is -1.18. The Morgan fingerprint density at radius 2 is 1.97 bits per heavy atom. The number of furan rings is 1. The van der Waals surface area contributed by atoms with Crippen LogP contribution >= 0.6 is 0 Å². The maximum atomic E-state index is 13.7. The number of hydrogen-bond donors (Lipinski definition) is 1. The number of benzene rings is 1. The van der Waals surface area contributed by atoms with E-state index in [0.29, 0.717) is 23.9 Å². The van der Waals surface area contributed by atoms with Crippen molar-refractivity contribution in [3.8, 4) is 0 Å². The van der Waals surface area contributed by atoms with Crippen LogP contribution < -0.4 is 5.32 Å². The average molecular weight is 402 g/mol. The van der Waals surface area contributed by atoms with Crippen molar-refractivity contribution in [2.75, 3.05) is 5.32 Å². The fraction of sp³-hybridized carbons (Fsp3) is 0.238. The molecule has 0 unspecified atom stereocenters. The van der Waals surface area contributed by atoms with Crippen LogP contribution in [0.4, 0.5) is 14.5 Å². The Morgan fingerprint density at radius 1 is 1.21 bits per heavy atom. The molecular formula is C21H20F2N2O4. The van der Waals surface area contributed by atoms with Gasteiger partial charge in [-0.2, -0.15) is 0 Å². The molecule has 2 heterocycles. The van der Waals surface area contributed by atoms with Gasteiger partial charge in [0, 0.05) is 17.5 Å². The molecule has 1 amide bonds. The number of anilines is 1. The van der Waals surface area contributed by atoms with E-state index in [9.17, 15) is 18.4 Å². The van der Waals surface area contributed by atoms with Crippen molar-refractivity contribution in [3.05, 3.63) is 77.0 Å². The molecule has 152 valence electrons. The normalized spacial score (nSPS) is 11.9. The van der Waals surface area contributed by atoms with Gasteiger partial charge in [0.1, 0.15) is 17.4 Å². The second-order valence-electron chi connectivity index (χ2n) is 6.61. The van der Waals surface area contributed by atoms with Gasteiger partial charge in [0.25, 0.3) is 5.91 Å². The Hall–Kier alpha value is -3.42. The topological polar surface area (TPSA) is 73.5 Å². The van der Waals surface area contributed by atoms with Crippen LogP contribution in [-0.4, -0.2) is 22.5 Å². The van der Waals surface area contributed by atoms with E-state index in [2.05, 4.69) is 5.32 Å². The number of halogens is 2. The number of esters is 1. The molecule has 1 aromatic carbocycles. The number of aromatic nitrogens is 1. The fourth-order valence-corrected chi connectivity index (χ4v) is 2.91. The Labute approximate surface area is 166 Å². The van der Waals surface area contributed by atoms with Gasteiger partial charge in [-0.15, -0.1) is 0 Å². The standard InChI is InChI=1S/C21H20F2N2O4/c1-12-9-17(13(2)25(12)11-16-5-4-8-28-16)21(27)29-14(3)20(26)24-19-7-6-15(22)10-18(19)23/h4-10,14H,11H2,1-3H3,(H,24,26)/t14-/m1/s1. The predicted octanol–water partition coefficient (Wildman–Crippen LogP) is 4.21. The van der Waals surface area contributed by atoms with Gasteiger partial charge < -0.3 is 19.0 Å². The average Bonchev–Trinajstić information content (AvgIpc) is 3.27. The van der Waals surface area contributed by atoms with Crippen LogP contribution in [0.1, 0.15) is 34.4 Å². The van der Waals surface area contributed by atoms with Crippen LogP contribution in [0.25, 0.3) is 0 Å². The summed E-state index contributed by atoms with van der Waals surface area (Å²) in [6.45, 7) is 5.44. The lowest BCUT2D eigenvalue weighted by Gasteiger charge is -2.14. The van der Waals surface area contributed by atoms with Crippen molar-refractivity contribution < 1.29 is 27.5 Å². The van der Waals surface area contributed by atoms with Crippen LogP contribution in [-0.2, 0) is 16.1 Å². The Kier molecular flexibility index (Phi) is 5.81. The Morgan fingerprint density at radius 3 is 2.62 bits per heavy atom. The first-order chi connectivity index (χ1) is 13.8. The summed E-state index contributed by atoms with van der Waals surface area (Å²) in [5.41, 5.74) is 1.62. The number of rotatable bonds is 6. The highest BCUT2D eigenvalue weighted by molar-refractivity contribution is 5.97. The molecular weight excluding hydrogens is 382 g/mol. The third-order valence-corrected chi connectivity index (χ3v) is 4.53. The van der Waals surface area contributed by atoms with E-state index in [0.717, 1.165) is 23.6 Å². The summed E-state index contributed by atoms with van der Waals surface area (Å²) in [6.07, 6.45) is 0.392. The van der Waals surface area contributed by atoms with E-state index < -0.39 is 29.6 Å². The van der Waals surface area contributed by atoms with Crippen LogP contribution in [0.3, 0.4) is 0 Å². The summed E-state index contributed by atoms with van der Waals surface area (Å²) in [6, 6.07) is 8.05. The van der Waals surface area contributed by atoms with Gasteiger partial charge in [-0.3, -0.25) is 4.79 Å². The number of nitrogens with zero attached hydrogens (tertiary/aromatic N) is 1. The highest BCUT2D eigenvalue weighted by Crippen LogP contribution is 2.20. The van der Waals surface area contributed by atoms with Crippen LogP contribution in [0.5, 0.6) is 0 Å². The van der Waals surface area contributed by atoms with E-state index in [1.165, 1.54) is 6.92 Å². The quantitative estimate of drug-likeness (QED) is 0.627. The molecule has 1 N–H and O–H groups in total. The van der Waals surface area contributed by atoms with Crippen molar-refractivity contribution in [2.45, 2.75) is 33.4 Å². The van der Waals surface area contributed by atoms with Crippen molar-refractivity contribution in [2.24, 2.45) is 0 Å². The van der Waals surface area contributed by atoms with E-state index >= 15 is 0 Å². The Bertz CT molecular complexity index is 1040. The van der Waals surface area contributed by atoms with E-state index in [-0.39, 0.29) is 5.69 Å². The van der Waals surface area contributed by atoms with Crippen molar-refractivity contribution in [3.63, 3.8) is 0 Å². The SMILES string of the molecule is Cc1cc(C(=O)O[C@H](C)C(=O)Nc2ccc(F)cc2F)c(C)n1Cc1ccco1. The number of carbonyl (C=O) groups excluding carboxylic acids is 2. The lowest BCUT2D eigenvalue weighted by molar-refractivity contribution is -0.123. The van der Waals surface area contributed by atoms with Gasteiger partial charge in [0.05, 0.1) is 24.1 Å². The second kappa shape index (κ2) is 8.30. The number of ether oxygens (including phenoxy) is 1. The zero-order valence-electron chi connectivity index (χ0n) is 16.2. The largest absolute Gasteiger partial charge is 0.467 e. The van der Waals surface area contributed by atoms with Gasteiger partial charge in [-0.05, 0) is 51.1 Å². The monoisotopic (exact) mass is 402 g/mol. The molecule has 0 aliphatic heterocycles. The lowest BCUT2D eigenvalue weighted by Crippen LogP contribution is -2.30. The molecule has 0 radical (unpaired) electrons. The molecule has 29 heavy (non-hydrogen) atoms. The first kappa shape index (κ1) is 20.3. The van der Waals surface area contributed by atoms with E-state index in [1.807, 2.05) is 17.6 Å². The van der Waals surface area contributed by atoms with Gasteiger partial charge in [-0.25, -0.2) is 13.6 Å². The molecule has 8 heteroatoms. The molecule has 2 aromatic heterocycles. The molecule has 3 rings (SSSR count). The minimum absolute atomic E-state index is 0.198. The van der Waals surface area contributed by atoms with Crippen molar-refractivity contribution in [1.29, 1.82) is 0 Å². The number of aryl methyl sites for hydroxylation is 1. The lowest BCUT2D eigenvalue weighted by atomic mass is 10.2. The summed E-state index contributed by atoms with van der Waals surface area (Å²) in [7, 11) is 0. The van der Waals surface area contributed by atoms with Crippen LogP contribution in [0.15, 0.2) is 47.1 Å². The smallest absolute Gasteiger partial charge is 0.340 e. The number of hydrogen-bond acceptors (Lipinski definition) is 4. The summed E-state index contributed by atoms with van der Waals surface area (Å²) >= 11 is 0. The second-order valence-corrected chi connectivity index (χ2v) is 6.61. The highest BCUT2D eigenvalue weighted by atomic mass is 19.1. The van der Waals surface area contributed by atoms with Gasteiger partial charge in [0.2, 0.25) is 0 Å². The third kappa shape index (κ3) is 4.53. The molecule has 6 nitrogen and oxygen atoms in total. The van der Waals surface area contributed by atoms with Gasteiger partial charge in [0.15, 0.2) is 6.10 Å². The number of carbonyl (C=O) groups is 2. The molecule has 0 fully saturated rings. The summed E-state index contributed by atoms with van der Waals surface area (Å²) in [5, 5.41) is 2.28. The zero-order valence-corrected chi connectivity index (χ0v) is 16.2. The minimum Gasteiger partial charge on any atom is -0.467 e. The summed E-state index contributed by atoms with van der Waals surface area (Å²) in [4.78, 5) is 24.8. The highest BCUT2D eigenvalue weighted by Gasteiger charge is 2.23. The first-order valence-electron chi connectivity index (χ1n) is 8.92. The molecule has 0 saturated heterocycles. The molecule has 0 saturated carbocycles. The molecule has 3 aromatic rings. The van der Waals surface area contributed by atoms with Crippen LogP contribution in [0.2, 0.25) is 0 Å². The van der Waals surface area contributed by atoms with Crippen LogP contribution in [0, 0.1) is 25.5 Å². The number of amides is 1. The molecule has 0 aliphatic carbocycles. The third-order valence-electron chi connectivity index (χ3n) is 4.53. The molecule has 0 spiro atoms. The molecule has 0 aliphatic rings. The van der Waals surface area contributed by atoms with Crippen molar-refractivity contribution >= 4 is 17.6 Å². The van der Waals surface area contributed by atoms with Gasteiger partial charge >= 0.3 is 5.97 Å². The first-order valence-corrected chi connectivity index (χ1v) is 8.92. The maximum Gasteiger partial charge on any atom is 0.340 e. The van der Waals surface area contributed by atoms with E-state index in [1.54, 1.807) is 25.3 Å². The predicted molar refractivity (Wildman–Crippen MR) is 102 cm³/mol. The Balaban J connectivity index is 1.68. The van der Waals surface area contributed by atoms with Crippen molar-refractivity contribution in [1.82, 2.24) is 4.57 Å². The van der Waals surface area contributed by atoms with Gasteiger partial charge in [-0.1, -0.05) is 0 Å². The van der Waals surface area contributed by atoms with E-state index in [4.69, 9.17) is 9.15 Å². The molecule has 1 atom stereocenters. The fourth-order valence-electron chi connectivity index (χ4n) is 2.91. The summed E-state index contributed by atoms with van der Waals surface area (Å²) < 4.78 is 39.1. The summed E-state index contributed by atoms with van der Waals surface area (Å²) in [5.74, 6) is -2.34. The zero-order chi connectivity index (χ0) is 21.1. The number of nitrogens with one attached hydrogen (secondary N) is 1.